The lowest BCUT2D eigenvalue weighted by Crippen LogP contribution is -2.38. The predicted octanol–water partition coefficient (Wildman–Crippen LogP) is 0.894. The summed E-state index contributed by atoms with van der Waals surface area (Å²) in [6.07, 6.45) is 2.43. The van der Waals surface area contributed by atoms with Gasteiger partial charge in [0.1, 0.15) is 0 Å². The number of carbonyl (C=O) groups excluding carboxylic acids is 2. The van der Waals surface area contributed by atoms with E-state index in [0.29, 0.717) is 25.2 Å². The number of halogens is 3. The van der Waals surface area contributed by atoms with Crippen LogP contribution in [0.5, 0.6) is 0 Å². The summed E-state index contributed by atoms with van der Waals surface area (Å²) < 4.78 is 0. The van der Waals surface area contributed by atoms with E-state index in [-0.39, 0.29) is 59.2 Å². The summed E-state index contributed by atoms with van der Waals surface area (Å²) in [4.78, 5) is 35.6. The molecule has 0 saturated carbocycles. The molecule has 1 aromatic heterocycles. The van der Waals surface area contributed by atoms with Crippen LogP contribution in [0.3, 0.4) is 0 Å². The molecule has 11 nitrogen and oxygen atoms in total. The summed E-state index contributed by atoms with van der Waals surface area (Å²) in [5, 5.41) is 4.98. The van der Waals surface area contributed by atoms with Crippen LogP contribution in [0.1, 0.15) is 39.3 Å². The van der Waals surface area contributed by atoms with Gasteiger partial charge >= 0.3 is 0 Å². The van der Waals surface area contributed by atoms with Crippen molar-refractivity contribution in [1.82, 2.24) is 20.6 Å². The number of rotatable bonds is 9. The van der Waals surface area contributed by atoms with Crippen molar-refractivity contribution in [3.63, 3.8) is 0 Å². The Hall–Kier alpha value is -2.86. The number of guanidine groups is 1. The number of aromatic nitrogens is 2. The van der Waals surface area contributed by atoms with E-state index in [9.17, 15) is 9.59 Å². The topological polar surface area (TPSA) is 200 Å². The molecule has 10 N–H and O–H groups in total. The highest BCUT2D eigenvalue weighted by Gasteiger charge is 2.16. The first-order valence-corrected chi connectivity index (χ1v) is 9.96. The van der Waals surface area contributed by atoms with Gasteiger partial charge in [-0.3, -0.25) is 19.9 Å². The monoisotopic (exact) mass is 519 g/mol. The highest BCUT2D eigenvalue weighted by atomic mass is 35.5. The number of nitrogen functional groups attached to an aromatic ring is 2. The predicted molar refractivity (Wildman–Crippen MR) is 135 cm³/mol. The van der Waals surface area contributed by atoms with Gasteiger partial charge in [-0.15, -0.1) is 24.8 Å². The molecular formula is C19H28Cl3N9O2. The summed E-state index contributed by atoms with van der Waals surface area (Å²) in [6, 6.07) is 7.40. The Morgan fingerprint density at radius 3 is 2.30 bits per heavy atom. The Bertz CT molecular complexity index is 956. The number of nitrogens with two attached hydrogens (primary N) is 4. The second kappa shape index (κ2) is 15.1. The van der Waals surface area contributed by atoms with Crippen LogP contribution in [-0.2, 0) is 6.42 Å². The van der Waals surface area contributed by atoms with E-state index in [2.05, 4.69) is 25.6 Å². The van der Waals surface area contributed by atoms with Gasteiger partial charge in [0.25, 0.3) is 11.8 Å². The van der Waals surface area contributed by atoms with E-state index in [1.54, 1.807) is 12.1 Å². The Labute approximate surface area is 208 Å². The molecule has 0 aliphatic rings. The van der Waals surface area contributed by atoms with Gasteiger partial charge < -0.3 is 28.3 Å². The van der Waals surface area contributed by atoms with Crippen LogP contribution >= 0.6 is 36.4 Å². The van der Waals surface area contributed by atoms with E-state index in [1.165, 1.54) is 0 Å². The van der Waals surface area contributed by atoms with Crippen LogP contribution in [0, 0.1) is 0 Å². The standard InChI is InChI=1S/C19H26ClN9O2.2ClH/c20-14-16(23)28-15(22)13(27-14)18(31)29-19(24)26-9-2-1-3-11-4-6-12(7-5-11)17(30)25-10-8-21;;/h4-7H,1-3,8-10,21H2,(H,25,30)(H4,22,23,28)(H3,24,26,29,31);2*1H. The Balaban J connectivity index is 0.00000512. The van der Waals surface area contributed by atoms with Crippen molar-refractivity contribution in [3.05, 3.63) is 46.2 Å². The lowest BCUT2D eigenvalue weighted by molar-refractivity contribution is 0.0951. The number of carbonyl (C=O) groups is 2. The third-order valence-corrected chi connectivity index (χ3v) is 4.44. The van der Waals surface area contributed by atoms with Gasteiger partial charge in [0.2, 0.25) is 0 Å². The number of unbranched alkanes of at least 4 members (excludes halogenated alkanes) is 1. The van der Waals surface area contributed by atoms with Crippen LogP contribution in [0.15, 0.2) is 29.3 Å². The van der Waals surface area contributed by atoms with Gasteiger partial charge in [-0.05, 0) is 37.0 Å². The highest BCUT2D eigenvalue weighted by molar-refractivity contribution is 6.31. The zero-order chi connectivity index (χ0) is 22.8. The minimum absolute atomic E-state index is 0. The van der Waals surface area contributed by atoms with Crippen LogP contribution < -0.4 is 33.6 Å². The quantitative estimate of drug-likeness (QED) is 0.159. The molecule has 0 aliphatic carbocycles. The van der Waals surface area contributed by atoms with E-state index in [1.807, 2.05) is 12.1 Å². The lowest BCUT2D eigenvalue weighted by Gasteiger charge is -2.07. The molecular weight excluding hydrogens is 493 g/mol. The van der Waals surface area contributed by atoms with Crippen molar-refractivity contribution in [2.75, 3.05) is 31.1 Å². The molecule has 0 spiro atoms. The SMILES string of the molecule is Cl.Cl.NCCNC(=O)c1ccc(CCCCN=C(N)NC(=O)c2nc(Cl)c(N)nc2N)cc1. The number of nitrogens with zero attached hydrogens (tertiary/aromatic N) is 3. The fourth-order valence-corrected chi connectivity index (χ4v) is 2.70. The Morgan fingerprint density at radius 2 is 1.67 bits per heavy atom. The first-order valence-electron chi connectivity index (χ1n) is 9.58. The fourth-order valence-electron chi connectivity index (χ4n) is 2.57. The Kier molecular flexibility index (Phi) is 13.8. The van der Waals surface area contributed by atoms with Crippen molar-refractivity contribution < 1.29 is 9.59 Å². The van der Waals surface area contributed by atoms with Crippen molar-refractivity contribution in [3.8, 4) is 0 Å². The number of hydrogen-bond donors (Lipinski definition) is 6. The summed E-state index contributed by atoms with van der Waals surface area (Å²) in [5.74, 6) is -1.11. The molecule has 33 heavy (non-hydrogen) atoms. The fraction of sp³-hybridized carbons (Fsp3) is 0.316. The summed E-state index contributed by atoms with van der Waals surface area (Å²) in [7, 11) is 0. The molecule has 14 heteroatoms. The summed E-state index contributed by atoms with van der Waals surface area (Å²) in [6.45, 7) is 1.27. The average Bonchev–Trinajstić information content (AvgIpc) is 2.74. The molecule has 182 valence electrons. The number of benzene rings is 1. The molecule has 0 atom stereocenters. The first kappa shape index (κ1) is 30.1. The second-order valence-electron chi connectivity index (χ2n) is 6.55. The molecule has 1 heterocycles. The molecule has 0 saturated heterocycles. The van der Waals surface area contributed by atoms with Crippen molar-refractivity contribution in [2.24, 2.45) is 16.5 Å². The molecule has 2 amide bonds. The molecule has 0 aliphatic heterocycles. The van der Waals surface area contributed by atoms with Crippen LogP contribution in [0.4, 0.5) is 11.6 Å². The zero-order valence-electron chi connectivity index (χ0n) is 17.7. The number of aryl methyl sites for hydroxylation is 1. The van der Waals surface area contributed by atoms with Crippen LogP contribution in [0.25, 0.3) is 0 Å². The van der Waals surface area contributed by atoms with E-state index < -0.39 is 5.91 Å². The highest BCUT2D eigenvalue weighted by Crippen LogP contribution is 2.17. The first-order chi connectivity index (χ1) is 14.8. The maximum Gasteiger partial charge on any atom is 0.280 e. The van der Waals surface area contributed by atoms with Gasteiger partial charge in [0.05, 0.1) is 0 Å². The van der Waals surface area contributed by atoms with E-state index in [4.69, 9.17) is 34.5 Å². The van der Waals surface area contributed by atoms with Crippen LogP contribution in [-0.4, -0.2) is 47.4 Å². The number of anilines is 2. The molecule has 1 aromatic carbocycles. The van der Waals surface area contributed by atoms with Gasteiger partial charge in [-0.25, -0.2) is 9.97 Å². The maximum atomic E-state index is 12.2. The van der Waals surface area contributed by atoms with Gasteiger partial charge in [0, 0.05) is 25.2 Å². The third kappa shape index (κ3) is 9.66. The van der Waals surface area contributed by atoms with Gasteiger partial charge in [-0.1, -0.05) is 23.7 Å². The largest absolute Gasteiger partial charge is 0.382 e. The third-order valence-electron chi connectivity index (χ3n) is 4.16. The molecule has 2 aromatic rings. The molecule has 0 fully saturated rings. The normalized spacial score (nSPS) is 10.5. The van der Waals surface area contributed by atoms with E-state index in [0.717, 1.165) is 24.8 Å². The minimum atomic E-state index is -0.677. The molecule has 2 rings (SSSR count). The van der Waals surface area contributed by atoms with Crippen molar-refractivity contribution in [1.29, 1.82) is 0 Å². The number of amides is 2. The summed E-state index contributed by atoms with van der Waals surface area (Å²) >= 11 is 5.76. The second-order valence-corrected chi connectivity index (χ2v) is 6.91. The molecule has 0 radical (unpaired) electrons. The number of hydrogen-bond acceptors (Lipinski definition) is 8. The van der Waals surface area contributed by atoms with Gasteiger partial charge in [0.15, 0.2) is 28.4 Å². The lowest BCUT2D eigenvalue weighted by atomic mass is 10.1. The smallest absolute Gasteiger partial charge is 0.280 e. The Morgan fingerprint density at radius 1 is 1.00 bits per heavy atom. The molecule has 0 unspecified atom stereocenters. The maximum absolute atomic E-state index is 12.2. The minimum Gasteiger partial charge on any atom is -0.382 e. The summed E-state index contributed by atoms with van der Waals surface area (Å²) in [5.41, 5.74) is 23.7. The van der Waals surface area contributed by atoms with Crippen LogP contribution in [0.2, 0.25) is 5.15 Å². The van der Waals surface area contributed by atoms with Gasteiger partial charge in [-0.2, -0.15) is 0 Å². The van der Waals surface area contributed by atoms with Crippen molar-refractivity contribution in [2.45, 2.75) is 19.3 Å². The zero-order valence-corrected chi connectivity index (χ0v) is 20.1. The van der Waals surface area contributed by atoms with Crippen molar-refractivity contribution >= 4 is 65.8 Å². The number of aliphatic imine (C=N–C) groups is 1. The van der Waals surface area contributed by atoms with E-state index >= 15 is 0 Å². The number of nitrogens with one attached hydrogen (secondary N) is 2. The molecule has 0 bridgehead atoms. The average molecular weight is 521 g/mol.